The molecular weight excluding hydrogens is 530 g/mol. The van der Waals surface area contributed by atoms with Gasteiger partial charge in [-0.25, -0.2) is 4.79 Å². The molecule has 0 radical (unpaired) electrons. The minimum Gasteiger partial charge on any atom is -0.444 e. The average Bonchev–Trinajstić information content (AvgIpc) is 3.09. The minimum absolute atomic E-state index is 0.0687. The zero-order chi connectivity index (χ0) is 29.9. The first-order valence-electron chi connectivity index (χ1n) is 14.5. The molecule has 1 saturated heterocycles. The fourth-order valence-corrected chi connectivity index (χ4v) is 5.34. The number of hydrogen-bond donors (Lipinski definition) is 3. The van der Waals surface area contributed by atoms with Crippen LogP contribution in [0.4, 0.5) is 21.9 Å². The van der Waals surface area contributed by atoms with E-state index in [9.17, 15) is 14.4 Å². The summed E-state index contributed by atoms with van der Waals surface area (Å²) in [6.07, 6.45) is 1.15. The van der Waals surface area contributed by atoms with Crippen molar-refractivity contribution in [2.24, 2.45) is 0 Å². The Bertz CT molecular complexity index is 1490. The summed E-state index contributed by atoms with van der Waals surface area (Å²) in [5, 5.41) is 6.33. The van der Waals surface area contributed by atoms with Crippen LogP contribution in [0.3, 0.4) is 0 Å². The van der Waals surface area contributed by atoms with Crippen LogP contribution in [0.2, 0.25) is 0 Å². The zero-order valence-electron chi connectivity index (χ0n) is 24.5. The smallest absolute Gasteiger partial charge is 0.410 e. The number of nitrogens with one attached hydrogen (secondary N) is 2. The number of ketones is 1. The SMILES string of the molecule is CC(C)(C)OC(=O)N1CCN(CCNC(=O)c2ccc3c(c2)C(=O)c2ccc(Nc4ccccc4N)cc2CC3)CC1. The predicted molar refractivity (Wildman–Crippen MR) is 164 cm³/mol. The number of ether oxygens (including phenoxy) is 1. The van der Waals surface area contributed by atoms with Crippen LogP contribution >= 0.6 is 0 Å². The molecule has 9 heteroatoms. The number of amides is 2. The molecule has 5 rings (SSSR count). The van der Waals surface area contributed by atoms with E-state index >= 15 is 0 Å². The van der Waals surface area contributed by atoms with Crippen molar-refractivity contribution in [2.75, 3.05) is 50.3 Å². The number of rotatable bonds is 6. The van der Waals surface area contributed by atoms with Gasteiger partial charge in [-0.15, -0.1) is 0 Å². The molecule has 2 aliphatic rings. The molecule has 1 aliphatic heterocycles. The van der Waals surface area contributed by atoms with Gasteiger partial charge in [-0.2, -0.15) is 0 Å². The van der Waals surface area contributed by atoms with Gasteiger partial charge in [-0.1, -0.05) is 18.2 Å². The fourth-order valence-electron chi connectivity index (χ4n) is 5.34. The van der Waals surface area contributed by atoms with Crippen molar-refractivity contribution in [3.05, 3.63) is 88.5 Å². The second-order valence-electron chi connectivity index (χ2n) is 11.9. The van der Waals surface area contributed by atoms with Crippen LogP contribution in [-0.4, -0.2) is 72.5 Å². The maximum absolute atomic E-state index is 13.6. The second kappa shape index (κ2) is 12.2. The summed E-state index contributed by atoms with van der Waals surface area (Å²) in [7, 11) is 0. The number of para-hydroxylation sites is 2. The first kappa shape index (κ1) is 29.1. The van der Waals surface area contributed by atoms with Crippen LogP contribution in [0.25, 0.3) is 0 Å². The lowest BCUT2D eigenvalue weighted by Crippen LogP contribution is -2.51. The fraction of sp³-hybridized carbons (Fsp3) is 0.364. The van der Waals surface area contributed by atoms with Gasteiger partial charge in [-0.05, 0) is 87.2 Å². The number of piperazine rings is 1. The van der Waals surface area contributed by atoms with Crippen molar-refractivity contribution >= 4 is 34.8 Å². The highest BCUT2D eigenvalue weighted by Gasteiger charge is 2.26. The summed E-state index contributed by atoms with van der Waals surface area (Å²) >= 11 is 0. The van der Waals surface area contributed by atoms with E-state index in [-0.39, 0.29) is 17.8 Å². The van der Waals surface area contributed by atoms with E-state index in [2.05, 4.69) is 15.5 Å². The molecule has 3 aromatic carbocycles. The van der Waals surface area contributed by atoms with Crippen molar-refractivity contribution in [2.45, 2.75) is 39.2 Å². The van der Waals surface area contributed by atoms with Crippen molar-refractivity contribution in [3.63, 3.8) is 0 Å². The number of carbonyl (C=O) groups excluding carboxylic acids is 3. The third-order valence-electron chi connectivity index (χ3n) is 7.61. The first-order valence-corrected chi connectivity index (χ1v) is 14.5. The molecule has 0 unspecified atom stereocenters. The van der Waals surface area contributed by atoms with Gasteiger partial charge in [0.2, 0.25) is 0 Å². The predicted octanol–water partition coefficient (Wildman–Crippen LogP) is 4.62. The Hall–Kier alpha value is -4.37. The van der Waals surface area contributed by atoms with Gasteiger partial charge in [0, 0.05) is 61.6 Å². The first-order chi connectivity index (χ1) is 20.1. The van der Waals surface area contributed by atoms with Crippen LogP contribution in [0.1, 0.15) is 58.2 Å². The largest absolute Gasteiger partial charge is 0.444 e. The highest BCUT2D eigenvalue weighted by atomic mass is 16.6. The average molecular weight is 570 g/mol. The van der Waals surface area contributed by atoms with Gasteiger partial charge < -0.3 is 26.0 Å². The number of nitrogens with two attached hydrogens (primary N) is 1. The number of aryl methyl sites for hydroxylation is 2. The van der Waals surface area contributed by atoms with E-state index in [0.717, 1.165) is 42.0 Å². The van der Waals surface area contributed by atoms with E-state index in [0.29, 0.717) is 55.0 Å². The monoisotopic (exact) mass is 569 g/mol. The van der Waals surface area contributed by atoms with E-state index in [1.165, 1.54) is 0 Å². The third-order valence-corrected chi connectivity index (χ3v) is 7.61. The molecule has 9 nitrogen and oxygen atoms in total. The Morgan fingerprint density at radius 3 is 2.38 bits per heavy atom. The lowest BCUT2D eigenvalue weighted by Gasteiger charge is -2.35. The Balaban J connectivity index is 1.17. The van der Waals surface area contributed by atoms with Crippen LogP contribution in [0.5, 0.6) is 0 Å². The zero-order valence-corrected chi connectivity index (χ0v) is 24.5. The molecule has 1 fully saturated rings. The van der Waals surface area contributed by atoms with Crippen LogP contribution in [0.15, 0.2) is 60.7 Å². The summed E-state index contributed by atoms with van der Waals surface area (Å²) in [6.45, 7) is 9.36. The molecule has 4 N–H and O–H groups in total. The molecular formula is C33H39N5O4. The molecule has 1 aliphatic carbocycles. The van der Waals surface area contributed by atoms with E-state index in [4.69, 9.17) is 10.5 Å². The van der Waals surface area contributed by atoms with Crippen molar-refractivity contribution in [3.8, 4) is 0 Å². The van der Waals surface area contributed by atoms with Gasteiger partial charge in [0.15, 0.2) is 5.78 Å². The van der Waals surface area contributed by atoms with Crippen LogP contribution < -0.4 is 16.4 Å². The minimum atomic E-state index is -0.513. The maximum Gasteiger partial charge on any atom is 0.410 e. The van der Waals surface area contributed by atoms with Gasteiger partial charge in [0.25, 0.3) is 5.91 Å². The summed E-state index contributed by atoms with van der Waals surface area (Å²) in [4.78, 5) is 42.8. The molecule has 0 saturated carbocycles. The van der Waals surface area contributed by atoms with Crippen LogP contribution in [0, 0.1) is 0 Å². The Morgan fingerprint density at radius 1 is 0.905 bits per heavy atom. The number of anilines is 3. The molecule has 0 aromatic heterocycles. The van der Waals surface area contributed by atoms with E-state index in [1.54, 1.807) is 17.0 Å². The standard InChI is InChI=1S/C33H39N5O4/c1-33(2,3)42-32(41)38-18-16-37(17-19-38)15-14-35-31(40)24-11-9-22-8-10-23-20-25(36-29-7-5-4-6-28(29)34)12-13-26(23)30(39)27(22)21-24/h4-7,9,11-13,20-21,36H,8,10,14-19,34H2,1-3H3,(H,35,40). The number of nitrogens with zero attached hydrogens (tertiary/aromatic N) is 2. The number of nitrogen functional groups attached to an aromatic ring is 1. The van der Waals surface area contributed by atoms with Crippen molar-refractivity contribution in [1.29, 1.82) is 0 Å². The van der Waals surface area contributed by atoms with Gasteiger partial charge >= 0.3 is 6.09 Å². The molecule has 3 aromatic rings. The molecule has 1 heterocycles. The number of carbonyl (C=O) groups is 3. The summed E-state index contributed by atoms with van der Waals surface area (Å²) in [5.41, 5.74) is 11.5. The number of hydrogen-bond acceptors (Lipinski definition) is 7. The van der Waals surface area contributed by atoms with E-state index < -0.39 is 5.60 Å². The van der Waals surface area contributed by atoms with E-state index in [1.807, 2.05) is 69.3 Å². The topological polar surface area (TPSA) is 117 Å². The van der Waals surface area contributed by atoms with Crippen molar-refractivity contribution in [1.82, 2.24) is 15.1 Å². The highest BCUT2D eigenvalue weighted by Crippen LogP contribution is 2.30. The Kier molecular flexibility index (Phi) is 8.49. The normalized spacial score (nSPS) is 15.3. The summed E-state index contributed by atoms with van der Waals surface area (Å²) in [6, 6.07) is 18.7. The van der Waals surface area contributed by atoms with Crippen molar-refractivity contribution < 1.29 is 19.1 Å². The van der Waals surface area contributed by atoms with Gasteiger partial charge in [0.1, 0.15) is 5.60 Å². The molecule has 0 bridgehead atoms. The molecule has 0 spiro atoms. The lowest BCUT2D eigenvalue weighted by atomic mass is 9.96. The number of benzene rings is 3. The highest BCUT2D eigenvalue weighted by molar-refractivity contribution is 6.12. The molecule has 42 heavy (non-hydrogen) atoms. The lowest BCUT2D eigenvalue weighted by molar-refractivity contribution is 0.0147. The second-order valence-corrected chi connectivity index (χ2v) is 11.9. The van der Waals surface area contributed by atoms with Gasteiger partial charge in [0.05, 0.1) is 11.4 Å². The Morgan fingerprint density at radius 2 is 1.64 bits per heavy atom. The number of fused-ring (bicyclic) bond motifs is 2. The molecule has 220 valence electrons. The summed E-state index contributed by atoms with van der Waals surface area (Å²) < 4.78 is 5.46. The summed E-state index contributed by atoms with van der Waals surface area (Å²) in [5.74, 6) is -0.275. The maximum atomic E-state index is 13.6. The van der Waals surface area contributed by atoms with Gasteiger partial charge in [-0.3, -0.25) is 14.5 Å². The van der Waals surface area contributed by atoms with Crippen LogP contribution in [-0.2, 0) is 17.6 Å². The Labute approximate surface area is 247 Å². The molecule has 2 amide bonds. The third kappa shape index (κ3) is 6.91. The molecule has 0 atom stereocenters. The quantitative estimate of drug-likeness (QED) is 0.371.